The number of benzene rings is 2. The van der Waals surface area contributed by atoms with E-state index in [4.69, 9.17) is 11.6 Å². The monoisotopic (exact) mass is 337 g/mol. The summed E-state index contributed by atoms with van der Waals surface area (Å²) in [7, 11) is 0. The fourth-order valence-electron chi connectivity index (χ4n) is 1.76. The molecular weight excluding hydrogens is 330 g/mol. The first-order valence-electron chi connectivity index (χ1n) is 5.47. The lowest BCUT2D eigenvalue weighted by molar-refractivity contribution is 1.39. The Bertz CT molecular complexity index is 691. The summed E-state index contributed by atoms with van der Waals surface area (Å²) >= 11 is 11.0. The molecule has 0 saturated heterocycles. The van der Waals surface area contributed by atoms with Crippen LogP contribution in [-0.4, -0.2) is 4.98 Å². The van der Waals surface area contributed by atoms with Crippen molar-refractivity contribution in [1.82, 2.24) is 4.98 Å². The Morgan fingerprint density at radius 1 is 1.11 bits per heavy atom. The molecule has 4 heteroatoms. The average Bonchev–Trinajstić information content (AvgIpc) is 2.81. The van der Waals surface area contributed by atoms with Gasteiger partial charge in [0.1, 0.15) is 5.01 Å². The maximum Gasteiger partial charge on any atom is 0.124 e. The van der Waals surface area contributed by atoms with Gasteiger partial charge in [-0.05, 0) is 23.8 Å². The lowest BCUT2D eigenvalue weighted by atomic mass is 10.2. The topological polar surface area (TPSA) is 12.9 Å². The minimum atomic E-state index is 0.549. The van der Waals surface area contributed by atoms with Crippen molar-refractivity contribution < 1.29 is 0 Å². The molecule has 0 aliphatic rings. The highest BCUT2D eigenvalue weighted by atomic mass is 79.9. The Morgan fingerprint density at radius 3 is 2.61 bits per heavy atom. The van der Waals surface area contributed by atoms with Gasteiger partial charge in [0, 0.05) is 15.9 Å². The summed E-state index contributed by atoms with van der Waals surface area (Å²) in [4.78, 5) is 4.64. The van der Waals surface area contributed by atoms with Crippen molar-refractivity contribution >= 4 is 49.1 Å². The Hall–Kier alpha value is -0.900. The molecule has 3 aromatic rings. The van der Waals surface area contributed by atoms with Crippen LogP contribution in [0, 0.1) is 0 Å². The summed E-state index contributed by atoms with van der Waals surface area (Å²) < 4.78 is 2.28. The first-order chi connectivity index (χ1) is 8.76. The number of thiazole rings is 1. The second-order valence-corrected chi connectivity index (χ2v) is 6.18. The number of alkyl halides is 1. The Labute approximate surface area is 123 Å². The van der Waals surface area contributed by atoms with E-state index in [9.17, 15) is 0 Å². The van der Waals surface area contributed by atoms with Crippen LogP contribution in [-0.2, 0) is 5.88 Å². The van der Waals surface area contributed by atoms with Gasteiger partial charge in [-0.1, -0.05) is 40.2 Å². The molecule has 1 heterocycles. The van der Waals surface area contributed by atoms with Crippen molar-refractivity contribution in [3.05, 3.63) is 52.5 Å². The van der Waals surface area contributed by atoms with Gasteiger partial charge in [-0.3, -0.25) is 0 Å². The van der Waals surface area contributed by atoms with Gasteiger partial charge in [-0.2, -0.15) is 0 Å². The quantitative estimate of drug-likeness (QED) is 0.565. The smallest absolute Gasteiger partial charge is 0.124 e. The van der Waals surface area contributed by atoms with Gasteiger partial charge in [-0.25, -0.2) is 4.98 Å². The van der Waals surface area contributed by atoms with Crippen molar-refractivity contribution in [1.29, 1.82) is 0 Å². The Balaban J connectivity index is 2.07. The fraction of sp³-hybridized carbons (Fsp3) is 0.0714. The van der Waals surface area contributed by atoms with E-state index in [1.54, 1.807) is 11.3 Å². The summed E-state index contributed by atoms with van der Waals surface area (Å²) in [6.45, 7) is 0. The molecule has 0 aliphatic heterocycles. The number of rotatable bonds is 2. The molecule has 2 aromatic carbocycles. The molecule has 0 radical (unpaired) electrons. The van der Waals surface area contributed by atoms with Gasteiger partial charge in [0.2, 0.25) is 0 Å². The standard InChI is InChI=1S/C14H9BrClNS/c15-11-5-6-12-13(7-11)18-14(17-12)10-3-1-9(8-16)2-4-10/h1-7H,8H2. The van der Waals surface area contributed by atoms with Crippen LogP contribution in [0.25, 0.3) is 20.8 Å². The first-order valence-corrected chi connectivity index (χ1v) is 7.62. The van der Waals surface area contributed by atoms with E-state index >= 15 is 0 Å². The minimum Gasteiger partial charge on any atom is -0.236 e. The highest BCUT2D eigenvalue weighted by Crippen LogP contribution is 2.31. The zero-order chi connectivity index (χ0) is 12.5. The third-order valence-corrected chi connectivity index (χ3v) is 4.57. The van der Waals surface area contributed by atoms with Gasteiger partial charge in [-0.15, -0.1) is 22.9 Å². The van der Waals surface area contributed by atoms with E-state index in [2.05, 4.69) is 39.1 Å². The maximum absolute atomic E-state index is 5.79. The predicted molar refractivity (Wildman–Crippen MR) is 82.3 cm³/mol. The number of nitrogens with zero attached hydrogens (tertiary/aromatic N) is 1. The van der Waals surface area contributed by atoms with Crippen molar-refractivity contribution in [3.8, 4) is 10.6 Å². The lowest BCUT2D eigenvalue weighted by Crippen LogP contribution is -1.79. The molecule has 0 bridgehead atoms. The Kier molecular flexibility index (Phi) is 3.37. The zero-order valence-electron chi connectivity index (χ0n) is 9.36. The SMILES string of the molecule is ClCc1ccc(-c2nc3ccc(Br)cc3s2)cc1. The molecule has 1 aromatic heterocycles. The summed E-state index contributed by atoms with van der Waals surface area (Å²) in [5, 5.41) is 1.05. The molecule has 0 fully saturated rings. The van der Waals surface area contributed by atoms with Gasteiger partial charge in [0.25, 0.3) is 0 Å². The van der Waals surface area contributed by atoms with E-state index in [1.165, 1.54) is 4.70 Å². The van der Waals surface area contributed by atoms with Crippen molar-refractivity contribution in [2.45, 2.75) is 5.88 Å². The molecular formula is C14H9BrClNS. The molecule has 1 nitrogen and oxygen atoms in total. The van der Waals surface area contributed by atoms with Gasteiger partial charge >= 0.3 is 0 Å². The van der Waals surface area contributed by atoms with Gasteiger partial charge < -0.3 is 0 Å². The van der Waals surface area contributed by atoms with Crippen LogP contribution in [0.1, 0.15) is 5.56 Å². The van der Waals surface area contributed by atoms with E-state index < -0.39 is 0 Å². The van der Waals surface area contributed by atoms with E-state index in [0.29, 0.717) is 5.88 Å². The van der Waals surface area contributed by atoms with E-state index in [1.807, 2.05) is 24.3 Å². The second-order valence-electron chi connectivity index (χ2n) is 3.96. The van der Waals surface area contributed by atoms with Crippen molar-refractivity contribution in [3.63, 3.8) is 0 Å². The molecule has 18 heavy (non-hydrogen) atoms. The summed E-state index contributed by atoms with van der Waals surface area (Å²) in [6, 6.07) is 14.4. The fourth-order valence-corrected chi connectivity index (χ4v) is 3.46. The largest absolute Gasteiger partial charge is 0.236 e. The first kappa shape index (κ1) is 12.2. The van der Waals surface area contributed by atoms with Crippen LogP contribution < -0.4 is 0 Å². The third-order valence-electron chi connectivity index (χ3n) is 2.71. The zero-order valence-corrected chi connectivity index (χ0v) is 12.5. The average molecular weight is 339 g/mol. The molecule has 0 N–H and O–H groups in total. The normalized spacial score (nSPS) is 11.0. The third kappa shape index (κ3) is 2.30. The van der Waals surface area contributed by atoms with Crippen LogP contribution >= 0.6 is 38.9 Å². The van der Waals surface area contributed by atoms with Crippen LogP contribution in [0.4, 0.5) is 0 Å². The minimum absolute atomic E-state index is 0.549. The Morgan fingerprint density at radius 2 is 1.89 bits per heavy atom. The highest BCUT2D eigenvalue weighted by molar-refractivity contribution is 9.10. The number of aromatic nitrogens is 1. The molecule has 0 unspecified atom stereocenters. The number of hydrogen-bond acceptors (Lipinski definition) is 2. The predicted octanol–water partition coefficient (Wildman–Crippen LogP) is 5.46. The van der Waals surface area contributed by atoms with Crippen LogP contribution in [0.3, 0.4) is 0 Å². The van der Waals surface area contributed by atoms with Gasteiger partial charge in [0.15, 0.2) is 0 Å². The molecule has 3 rings (SSSR count). The second kappa shape index (κ2) is 5.00. The van der Waals surface area contributed by atoms with Gasteiger partial charge in [0.05, 0.1) is 10.2 Å². The molecule has 0 saturated carbocycles. The molecule has 0 spiro atoms. The summed E-state index contributed by atoms with van der Waals surface area (Å²) in [5.41, 5.74) is 3.31. The van der Waals surface area contributed by atoms with E-state index in [0.717, 1.165) is 26.1 Å². The van der Waals surface area contributed by atoms with E-state index in [-0.39, 0.29) is 0 Å². The number of halogens is 2. The van der Waals surface area contributed by atoms with Crippen molar-refractivity contribution in [2.24, 2.45) is 0 Å². The maximum atomic E-state index is 5.79. The number of fused-ring (bicyclic) bond motifs is 1. The summed E-state index contributed by atoms with van der Waals surface area (Å²) in [5.74, 6) is 0.549. The highest BCUT2D eigenvalue weighted by Gasteiger charge is 2.06. The van der Waals surface area contributed by atoms with Crippen molar-refractivity contribution in [2.75, 3.05) is 0 Å². The molecule has 0 aliphatic carbocycles. The number of hydrogen-bond donors (Lipinski definition) is 0. The molecule has 90 valence electrons. The van der Waals surface area contributed by atoms with Crippen LogP contribution in [0.5, 0.6) is 0 Å². The van der Waals surface area contributed by atoms with Crippen LogP contribution in [0.2, 0.25) is 0 Å². The molecule has 0 amide bonds. The van der Waals surface area contributed by atoms with Crippen LogP contribution in [0.15, 0.2) is 46.9 Å². The summed E-state index contributed by atoms with van der Waals surface area (Å²) in [6.07, 6.45) is 0. The lowest BCUT2D eigenvalue weighted by Gasteiger charge is -1.97. The molecule has 0 atom stereocenters.